The summed E-state index contributed by atoms with van der Waals surface area (Å²) >= 11 is 1.38. The van der Waals surface area contributed by atoms with Gasteiger partial charge in [-0.25, -0.2) is 14.8 Å². The first-order valence-corrected chi connectivity index (χ1v) is 6.67. The summed E-state index contributed by atoms with van der Waals surface area (Å²) in [6, 6.07) is 5.60. The van der Waals surface area contributed by atoms with Gasteiger partial charge in [-0.2, -0.15) is 0 Å². The molecule has 0 radical (unpaired) electrons. The van der Waals surface area contributed by atoms with Crippen LogP contribution in [0.3, 0.4) is 0 Å². The Morgan fingerprint density at radius 1 is 1.15 bits per heavy atom. The number of carbonyl (C=O) groups is 1. The van der Waals surface area contributed by atoms with Gasteiger partial charge < -0.3 is 14.6 Å². The zero-order valence-electron chi connectivity index (χ0n) is 10.3. The predicted octanol–water partition coefficient (Wildman–Crippen LogP) is 2.10. The fourth-order valence-electron chi connectivity index (χ4n) is 1.69. The summed E-state index contributed by atoms with van der Waals surface area (Å²) in [5.41, 5.74) is -0.0727. The summed E-state index contributed by atoms with van der Waals surface area (Å²) < 4.78 is 10.9. The second kappa shape index (κ2) is 5.38. The normalized spacial score (nSPS) is 13.0. The molecular weight excluding hydrogens is 280 g/mol. The number of carboxylic acids is 1. The van der Waals surface area contributed by atoms with Crippen molar-refractivity contribution in [3.8, 4) is 11.5 Å². The Morgan fingerprint density at radius 2 is 1.95 bits per heavy atom. The third-order valence-corrected chi connectivity index (χ3v) is 3.49. The number of hydrogen-bond donors (Lipinski definition) is 1. The van der Waals surface area contributed by atoms with Gasteiger partial charge in [-0.3, -0.25) is 0 Å². The summed E-state index contributed by atoms with van der Waals surface area (Å²) in [5.74, 6) is 0.345. The number of carboxylic acid groups (broad SMARTS) is 1. The molecule has 0 saturated heterocycles. The third-order valence-electron chi connectivity index (χ3n) is 2.58. The van der Waals surface area contributed by atoms with Crippen molar-refractivity contribution in [3.05, 3.63) is 36.3 Å². The number of fused-ring (bicyclic) bond motifs is 1. The summed E-state index contributed by atoms with van der Waals surface area (Å²) in [5, 5.41) is 9.38. The van der Waals surface area contributed by atoms with Crippen molar-refractivity contribution in [2.75, 3.05) is 13.2 Å². The van der Waals surface area contributed by atoms with Crippen LogP contribution in [0.25, 0.3) is 0 Å². The Kier molecular flexibility index (Phi) is 3.42. The van der Waals surface area contributed by atoms with Crippen molar-refractivity contribution in [3.63, 3.8) is 0 Å². The average molecular weight is 290 g/mol. The highest BCUT2D eigenvalue weighted by atomic mass is 32.2. The zero-order valence-corrected chi connectivity index (χ0v) is 11.1. The molecule has 7 heteroatoms. The van der Waals surface area contributed by atoms with E-state index in [0.717, 1.165) is 10.6 Å². The Hall–Kier alpha value is -2.28. The Bertz CT molecular complexity index is 645. The fraction of sp³-hybridized carbons (Fsp3) is 0.154. The minimum atomic E-state index is -1.09. The van der Waals surface area contributed by atoms with Crippen LogP contribution >= 0.6 is 11.8 Å². The van der Waals surface area contributed by atoms with Gasteiger partial charge in [0.2, 0.25) is 0 Å². The topological polar surface area (TPSA) is 81.5 Å². The second-order valence-electron chi connectivity index (χ2n) is 3.95. The highest BCUT2D eigenvalue weighted by Crippen LogP contribution is 2.36. The molecule has 1 aliphatic heterocycles. The highest BCUT2D eigenvalue weighted by Gasteiger charge is 2.13. The van der Waals surface area contributed by atoms with Crippen LogP contribution in [0.1, 0.15) is 10.5 Å². The van der Waals surface area contributed by atoms with E-state index in [2.05, 4.69) is 9.97 Å². The number of aromatic nitrogens is 2. The smallest absolute Gasteiger partial charge is 0.356 e. The van der Waals surface area contributed by atoms with Crippen LogP contribution in [0.15, 0.2) is 40.5 Å². The van der Waals surface area contributed by atoms with Crippen LogP contribution in [-0.2, 0) is 0 Å². The van der Waals surface area contributed by atoms with Gasteiger partial charge in [0.25, 0.3) is 0 Å². The molecule has 1 aliphatic rings. The van der Waals surface area contributed by atoms with Crippen LogP contribution < -0.4 is 9.47 Å². The van der Waals surface area contributed by atoms with Crippen molar-refractivity contribution in [1.29, 1.82) is 0 Å². The van der Waals surface area contributed by atoms with E-state index in [0.29, 0.717) is 24.0 Å². The van der Waals surface area contributed by atoms with Crippen molar-refractivity contribution in [2.45, 2.75) is 9.92 Å². The van der Waals surface area contributed by atoms with Crippen LogP contribution in [0.4, 0.5) is 0 Å². The van der Waals surface area contributed by atoms with Gasteiger partial charge in [0, 0.05) is 4.90 Å². The first kappa shape index (κ1) is 12.7. The molecule has 1 aromatic carbocycles. The summed E-state index contributed by atoms with van der Waals surface area (Å²) in [4.78, 5) is 19.5. The molecule has 0 bridgehead atoms. The molecule has 20 heavy (non-hydrogen) atoms. The van der Waals surface area contributed by atoms with Crippen molar-refractivity contribution in [2.24, 2.45) is 0 Å². The Labute approximate surface area is 118 Å². The Morgan fingerprint density at radius 3 is 2.65 bits per heavy atom. The molecule has 0 spiro atoms. The number of benzene rings is 1. The summed E-state index contributed by atoms with van der Waals surface area (Å²) in [6.45, 7) is 1.09. The lowest BCUT2D eigenvalue weighted by Crippen LogP contribution is -2.15. The monoisotopic (exact) mass is 290 g/mol. The highest BCUT2D eigenvalue weighted by molar-refractivity contribution is 7.99. The van der Waals surface area contributed by atoms with Crippen molar-refractivity contribution >= 4 is 17.7 Å². The van der Waals surface area contributed by atoms with E-state index in [-0.39, 0.29) is 5.69 Å². The molecule has 102 valence electrons. The molecule has 2 aromatic rings. The lowest BCUT2D eigenvalue weighted by atomic mass is 10.3. The summed E-state index contributed by atoms with van der Waals surface area (Å²) in [6.07, 6.45) is 2.67. The molecule has 6 nitrogen and oxygen atoms in total. The van der Waals surface area contributed by atoms with Crippen molar-refractivity contribution in [1.82, 2.24) is 9.97 Å². The van der Waals surface area contributed by atoms with Crippen molar-refractivity contribution < 1.29 is 19.4 Å². The van der Waals surface area contributed by atoms with Gasteiger partial charge in [0.15, 0.2) is 17.2 Å². The first-order valence-electron chi connectivity index (χ1n) is 5.85. The molecule has 0 amide bonds. The second-order valence-corrected chi connectivity index (χ2v) is 5.05. The van der Waals surface area contributed by atoms with Crippen LogP contribution in [0, 0.1) is 0 Å². The molecule has 3 rings (SSSR count). The third kappa shape index (κ3) is 2.67. The molecule has 0 atom stereocenters. The van der Waals surface area contributed by atoms with E-state index in [9.17, 15) is 4.79 Å². The molecule has 0 unspecified atom stereocenters. The quantitative estimate of drug-likeness (QED) is 0.926. The standard InChI is InChI=1S/C13H10N2O4S/c16-13(17)9-6-15-12(7-14-9)20-8-1-2-10-11(5-8)19-4-3-18-10/h1-2,5-7H,3-4H2,(H,16,17). The molecule has 0 saturated carbocycles. The van der Waals surface area contributed by atoms with Gasteiger partial charge >= 0.3 is 5.97 Å². The molecule has 1 aromatic heterocycles. The molecule has 0 fully saturated rings. The van der Waals surface area contributed by atoms with E-state index < -0.39 is 5.97 Å². The zero-order chi connectivity index (χ0) is 13.9. The molecule has 1 N–H and O–H groups in total. The molecule has 0 aliphatic carbocycles. The van der Waals surface area contributed by atoms with Gasteiger partial charge in [0.05, 0.1) is 12.4 Å². The molecular formula is C13H10N2O4S. The van der Waals surface area contributed by atoms with Gasteiger partial charge in [-0.1, -0.05) is 11.8 Å². The maximum Gasteiger partial charge on any atom is 0.356 e. The van der Waals surface area contributed by atoms with Crippen LogP contribution in [0.5, 0.6) is 11.5 Å². The maximum absolute atomic E-state index is 10.7. The minimum Gasteiger partial charge on any atom is -0.486 e. The van der Waals surface area contributed by atoms with Gasteiger partial charge in [-0.15, -0.1) is 0 Å². The largest absolute Gasteiger partial charge is 0.486 e. The van der Waals surface area contributed by atoms with Gasteiger partial charge in [-0.05, 0) is 18.2 Å². The predicted molar refractivity (Wildman–Crippen MR) is 70.5 cm³/mol. The Balaban J connectivity index is 1.78. The van der Waals surface area contributed by atoms with E-state index in [1.807, 2.05) is 18.2 Å². The van der Waals surface area contributed by atoms with E-state index in [4.69, 9.17) is 14.6 Å². The van der Waals surface area contributed by atoms with Crippen LogP contribution in [-0.4, -0.2) is 34.3 Å². The number of hydrogen-bond acceptors (Lipinski definition) is 6. The lowest BCUT2D eigenvalue weighted by Gasteiger charge is -2.18. The van der Waals surface area contributed by atoms with Gasteiger partial charge in [0.1, 0.15) is 18.2 Å². The SMILES string of the molecule is O=C(O)c1cnc(Sc2ccc3c(c2)OCCO3)cn1. The number of ether oxygens (including phenoxy) is 2. The van der Waals surface area contributed by atoms with Crippen LogP contribution in [0.2, 0.25) is 0 Å². The lowest BCUT2D eigenvalue weighted by molar-refractivity contribution is 0.0689. The number of nitrogens with zero attached hydrogens (tertiary/aromatic N) is 2. The van der Waals surface area contributed by atoms with E-state index in [1.54, 1.807) is 0 Å². The van der Waals surface area contributed by atoms with E-state index >= 15 is 0 Å². The minimum absolute atomic E-state index is 0.0727. The first-order chi connectivity index (χ1) is 9.72. The molecule has 2 heterocycles. The summed E-state index contributed by atoms with van der Waals surface area (Å²) in [7, 11) is 0. The van der Waals surface area contributed by atoms with E-state index in [1.165, 1.54) is 24.2 Å². The fourth-order valence-corrected chi connectivity index (χ4v) is 2.44. The number of aromatic carboxylic acids is 1. The number of rotatable bonds is 3. The maximum atomic E-state index is 10.7. The average Bonchev–Trinajstić information content (AvgIpc) is 2.48.